The van der Waals surface area contributed by atoms with Gasteiger partial charge in [-0.15, -0.1) is 0 Å². The fraction of sp³-hybridized carbons (Fsp3) is 0.706. The second-order valence-electron chi connectivity index (χ2n) is 7.14. The van der Waals surface area contributed by atoms with Crippen LogP contribution in [0.15, 0.2) is 6.07 Å². The number of hydrogen-bond donors (Lipinski definition) is 1. The Hall–Kier alpha value is -1.09. The van der Waals surface area contributed by atoms with Crippen LogP contribution < -0.4 is 10.6 Å². The molecule has 2 N–H and O–H groups in total. The van der Waals surface area contributed by atoms with E-state index in [1.54, 1.807) is 0 Å². The third kappa shape index (κ3) is 2.69. The molecular formula is C17H27N3. The van der Waals surface area contributed by atoms with Crippen LogP contribution in [0.3, 0.4) is 0 Å². The van der Waals surface area contributed by atoms with Crippen LogP contribution in [-0.2, 0) is 19.4 Å². The number of anilines is 1. The van der Waals surface area contributed by atoms with Crippen molar-refractivity contribution >= 4 is 5.82 Å². The van der Waals surface area contributed by atoms with Crippen LogP contribution in [-0.4, -0.2) is 18.1 Å². The Balaban J connectivity index is 1.88. The van der Waals surface area contributed by atoms with E-state index in [4.69, 9.17) is 10.7 Å². The van der Waals surface area contributed by atoms with Crippen molar-refractivity contribution in [2.75, 3.05) is 18.0 Å². The molecule has 0 amide bonds. The SMILES string of the molecule is CC1(C)CCN(c2nc3c(cc2CN)CCCC3)CC1. The zero-order chi connectivity index (χ0) is 14.2. The van der Waals surface area contributed by atoms with Gasteiger partial charge in [0.2, 0.25) is 0 Å². The molecule has 1 aromatic rings. The van der Waals surface area contributed by atoms with Crippen LogP contribution in [0, 0.1) is 5.41 Å². The third-order valence-electron chi connectivity index (χ3n) is 4.99. The summed E-state index contributed by atoms with van der Waals surface area (Å²) in [6, 6.07) is 2.33. The van der Waals surface area contributed by atoms with E-state index in [-0.39, 0.29) is 0 Å². The van der Waals surface area contributed by atoms with Gasteiger partial charge in [0.25, 0.3) is 0 Å². The van der Waals surface area contributed by atoms with Gasteiger partial charge in [0, 0.05) is 30.9 Å². The molecule has 1 aliphatic carbocycles. The van der Waals surface area contributed by atoms with E-state index >= 15 is 0 Å². The molecule has 3 nitrogen and oxygen atoms in total. The highest BCUT2D eigenvalue weighted by Crippen LogP contribution is 2.34. The summed E-state index contributed by atoms with van der Waals surface area (Å²) in [7, 11) is 0. The number of nitrogens with zero attached hydrogens (tertiary/aromatic N) is 2. The van der Waals surface area contributed by atoms with Crippen LogP contribution in [0.2, 0.25) is 0 Å². The van der Waals surface area contributed by atoms with E-state index in [0.29, 0.717) is 12.0 Å². The van der Waals surface area contributed by atoms with Gasteiger partial charge in [-0.25, -0.2) is 4.98 Å². The molecule has 0 radical (unpaired) electrons. The molecule has 0 spiro atoms. The van der Waals surface area contributed by atoms with Gasteiger partial charge in [0.15, 0.2) is 0 Å². The van der Waals surface area contributed by atoms with E-state index < -0.39 is 0 Å². The number of fused-ring (bicyclic) bond motifs is 1. The molecule has 1 fully saturated rings. The van der Waals surface area contributed by atoms with Crippen molar-refractivity contribution in [1.29, 1.82) is 0 Å². The largest absolute Gasteiger partial charge is 0.356 e. The summed E-state index contributed by atoms with van der Waals surface area (Å²) >= 11 is 0. The van der Waals surface area contributed by atoms with Crippen LogP contribution in [0.25, 0.3) is 0 Å². The highest BCUT2D eigenvalue weighted by Gasteiger charge is 2.27. The number of rotatable bonds is 2. The second-order valence-corrected chi connectivity index (χ2v) is 7.14. The average Bonchev–Trinajstić information content (AvgIpc) is 2.46. The second kappa shape index (κ2) is 5.36. The molecule has 2 heterocycles. The molecule has 110 valence electrons. The Morgan fingerprint density at radius 3 is 2.60 bits per heavy atom. The Bertz CT molecular complexity index is 483. The lowest BCUT2D eigenvalue weighted by molar-refractivity contribution is 0.279. The van der Waals surface area contributed by atoms with E-state index in [9.17, 15) is 0 Å². The van der Waals surface area contributed by atoms with Gasteiger partial charge in [-0.2, -0.15) is 0 Å². The van der Waals surface area contributed by atoms with E-state index in [1.807, 2.05) is 0 Å². The van der Waals surface area contributed by atoms with Crippen molar-refractivity contribution in [3.8, 4) is 0 Å². The Kier molecular flexibility index (Phi) is 3.72. The molecule has 20 heavy (non-hydrogen) atoms. The average molecular weight is 273 g/mol. The van der Waals surface area contributed by atoms with Crippen LogP contribution in [0.5, 0.6) is 0 Å². The molecule has 0 bridgehead atoms. The monoisotopic (exact) mass is 273 g/mol. The molecule has 3 heteroatoms. The molecule has 1 saturated heterocycles. The summed E-state index contributed by atoms with van der Waals surface area (Å²) < 4.78 is 0. The molecule has 0 saturated carbocycles. The topological polar surface area (TPSA) is 42.2 Å². The molecule has 2 aliphatic rings. The van der Waals surface area contributed by atoms with Gasteiger partial charge < -0.3 is 10.6 Å². The van der Waals surface area contributed by atoms with Crippen molar-refractivity contribution in [2.24, 2.45) is 11.1 Å². The number of piperidine rings is 1. The first-order valence-corrected chi connectivity index (χ1v) is 8.06. The number of aryl methyl sites for hydroxylation is 2. The Morgan fingerprint density at radius 1 is 1.20 bits per heavy atom. The smallest absolute Gasteiger partial charge is 0.133 e. The van der Waals surface area contributed by atoms with Crippen LogP contribution in [0.4, 0.5) is 5.82 Å². The van der Waals surface area contributed by atoms with Crippen molar-refractivity contribution in [2.45, 2.75) is 58.9 Å². The molecular weight excluding hydrogens is 246 g/mol. The van der Waals surface area contributed by atoms with Crippen molar-refractivity contribution in [3.63, 3.8) is 0 Å². The third-order valence-corrected chi connectivity index (χ3v) is 4.99. The predicted octanol–water partition coefficient (Wildman–Crippen LogP) is 3.05. The minimum absolute atomic E-state index is 0.480. The first-order valence-electron chi connectivity index (χ1n) is 8.06. The minimum Gasteiger partial charge on any atom is -0.356 e. The summed E-state index contributed by atoms with van der Waals surface area (Å²) in [6.45, 7) is 7.58. The quantitative estimate of drug-likeness (QED) is 0.900. The molecule has 3 rings (SSSR count). The molecule has 0 unspecified atom stereocenters. The molecule has 0 atom stereocenters. The van der Waals surface area contributed by atoms with E-state index in [2.05, 4.69) is 24.8 Å². The van der Waals surface area contributed by atoms with Gasteiger partial charge in [0.1, 0.15) is 5.82 Å². The first kappa shape index (κ1) is 13.9. The summed E-state index contributed by atoms with van der Waals surface area (Å²) in [5.41, 5.74) is 10.5. The van der Waals surface area contributed by atoms with Gasteiger partial charge in [-0.1, -0.05) is 13.8 Å². The fourth-order valence-corrected chi connectivity index (χ4v) is 3.42. The normalized spacial score (nSPS) is 21.6. The van der Waals surface area contributed by atoms with Gasteiger partial charge in [-0.05, 0) is 55.6 Å². The number of hydrogen-bond acceptors (Lipinski definition) is 3. The predicted molar refractivity (Wildman–Crippen MR) is 84.0 cm³/mol. The maximum Gasteiger partial charge on any atom is 0.133 e. The lowest BCUT2D eigenvalue weighted by Crippen LogP contribution is -2.38. The highest BCUT2D eigenvalue weighted by atomic mass is 15.2. The summed E-state index contributed by atoms with van der Waals surface area (Å²) in [5, 5.41) is 0. The van der Waals surface area contributed by atoms with Gasteiger partial charge in [0.05, 0.1) is 0 Å². The van der Waals surface area contributed by atoms with E-state index in [0.717, 1.165) is 19.5 Å². The lowest BCUT2D eigenvalue weighted by Gasteiger charge is -2.38. The summed E-state index contributed by atoms with van der Waals surface area (Å²) in [6.07, 6.45) is 7.41. The zero-order valence-electron chi connectivity index (χ0n) is 12.9. The fourth-order valence-electron chi connectivity index (χ4n) is 3.42. The lowest BCUT2D eigenvalue weighted by atomic mass is 9.82. The number of pyridine rings is 1. The highest BCUT2D eigenvalue weighted by molar-refractivity contribution is 5.51. The first-order chi connectivity index (χ1) is 9.59. The minimum atomic E-state index is 0.480. The Labute approximate surface area is 122 Å². The molecule has 1 aromatic heterocycles. The van der Waals surface area contributed by atoms with Crippen molar-refractivity contribution < 1.29 is 0 Å². The summed E-state index contributed by atoms with van der Waals surface area (Å²) in [5.74, 6) is 1.17. The van der Waals surface area contributed by atoms with Crippen LogP contribution in [0.1, 0.15) is 56.4 Å². The van der Waals surface area contributed by atoms with E-state index in [1.165, 1.54) is 54.7 Å². The standard InChI is InChI=1S/C17H27N3/c1-17(2)7-9-20(10-8-17)16-14(12-18)11-13-5-3-4-6-15(13)19-16/h11H,3-10,12,18H2,1-2H3. The van der Waals surface area contributed by atoms with Crippen molar-refractivity contribution in [1.82, 2.24) is 4.98 Å². The molecule has 1 aliphatic heterocycles. The van der Waals surface area contributed by atoms with Gasteiger partial charge in [-0.3, -0.25) is 0 Å². The Morgan fingerprint density at radius 2 is 1.90 bits per heavy atom. The summed E-state index contributed by atoms with van der Waals surface area (Å²) in [4.78, 5) is 7.46. The number of aromatic nitrogens is 1. The van der Waals surface area contributed by atoms with Crippen LogP contribution >= 0.6 is 0 Å². The molecule has 0 aromatic carbocycles. The maximum atomic E-state index is 5.98. The van der Waals surface area contributed by atoms with Gasteiger partial charge >= 0.3 is 0 Å². The van der Waals surface area contributed by atoms with Crippen molar-refractivity contribution in [3.05, 3.63) is 22.9 Å². The zero-order valence-corrected chi connectivity index (χ0v) is 12.9. The maximum absolute atomic E-state index is 5.98. The number of nitrogens with two attached hydrogens (primary N) is 1.